The first-order valence-electron chi connectivity index (χ1n) is 6.48. The first-order valence-corrected chi connectivity index (χ1v) is 6.48. The average Bonchev–Trinajstić information content (AvgIpc) is 2.93. The summed E-state index contributed by atoms with van der Waals surface area (Å²) < 4.78 is 44.1. The van der Waals surface area contributed by atoms with Crippen molar-refractivity contribution in [3.05, 3.63) is 47.7 Å². The second kappa shape index (κ2) is 6.03. The Kier molecular flexibility index (Phi) is 4.35. The summed E-state index contributed by atoms with van der Waals surface area (Å²) in [5, 5.41) is 2.60. The molecule has 0 fully saturated rings. The van der Waals surface area contributed by atoms with E-state index in [9.17, 15) is 18.0 Å². The highest BCUT2D eigenvalue weighted by atomic mass is 19.4. The van der Waals surface area contributed by atoms with Crippen LogP contribution in [0.5, 0.6) is 0 Å². The Balaban J connectivity index is 2.32. The Morgan fingerprint density at radius 1 is 1.19 bits per heavy atom. The number of nitrogens with one attached hydrogen (secondary N) is 1. The Bertz CT molecular complexity index is 632. The van der Waals surface area contributed by atoms with E-state index in [2.05, 4.69) is 5.32 Å². The molecule has 21 heavy (non-hydrogen) atoms. The molecule has 3 nitrogen and oxygen atoms in total. The molecule has 0 spiro atoms. The van der Waals surface area contributed by atoms with Crippen LogP contribution >= 0.6 is 0 Å². The van der Waals surface area contributed by atoms with Gasteiger partial charge in [0, 0.05) is 12.1 Å². The molecule has 1 amide bonds. The molecule has 2 aromatic rings. The van der Waals surface area contributed by atoms with E-state index in [1.54, 1.807) is 0 Å². The molecule has 0 atom stereocenters. The molecule has 0 aliphatic heterocycles. The molecule has 1 aromatic heterocycles. The van der Waals surface area contributed by atoms with Crippen LogP contribution < -0.4 is 5.32 Å². The van der Waals surface area contributed by atoms with Gasteiger partial charge in [-0.1, -0.05) is 25.1 Å². The maximum atomic E-state index is 12.9. The lowest BCUT2D eigenvalue weighted by Crippen LogP contribution is -2.23. The highest BCUT2D eigenvalue weighted by Gasteiger charge is 2.34. The zero-order valence-electron chi connectivity index (χ0n) is 11.3. The number of benzene rings is 1. The van der Waals surface area contributed by atoms with Gasteiger partial charge >= 0.3 is 6.18 Å². The maximum Gasteiger partial charge on any atom is 0.417 e. The van der Waals surface area contributed by atoms with Gasteiger partial charge in [0.15, 0.2) is 5.76 Å². The van der Waals surface area contributed by atoms with Crippen molar-refractivity contribution in [2.45, 2.75) is 19.5 Å². The van der Waals surface area contributed by atoms with Gasteiger partial charge in [-0.3, -0.25) is 4.79 Å². The lowest BCUT2D eigenvalue weighted by atomic mass is 10.1. The standard InChI is InChI=1S/C15H14F3NO2/c1-2-9-19-14(20)13-8-7-12(21-13)10-5-3-4-6-11(10)15(16,17)18/h3-8H,2,9H2,1H3,(H,19,20). The first-order chi connectivity index (χ1) is 9.93. The molecule has 0 saturated carbocycles. The summed E-state index contributed by atoms with van der Waals surface area (Å²) in [4.78, 5) is 11.7. The zero-order valence-corrected chi connectivity index (χ0v) is 11.3. The third-order valence-corrected chi connectivity index (χ3v) is 2.86. The smallest absolute Gasteiger partial charge is 0.417 e. The second-order valence-electron chi connectivity index (χ2n) is 4.46. The van der Waals surface area contributed by atoms with Gasteiger partial charge in [0.1, 0.15) is 5.76 Å². The van der Waals surface area contributed by atoms with Crippen molar-refractivity contribution in [1.29, 1.82) is 0 Å². The third kappa shape index (κ3) is 3.45. The SMILES string of the molecule is CCCNC(=O)c1ccc(-c2ccccc2C(F)(F)F)o1. The second-order valence-corrected chi connectivity index (χ2v) is 4.46. The fourth-order valence-corrected chi connectivity index (χ4v) is 1.88. The topological polar surface area (TPSA) is 42.2 Å². The van der Waals surface area contributed by atoms with Crippen LogP contribution in [0, 0.1) is 0 Å². The maximum absolute atomic E-state index is 12.9. The van der Waals surface area contributed by atoms with E-state index in [0.717, 1.165) is 12.5 Å². The van der Waals surface area contributed by atoms with Gasteiger partial charge in [-0.2, -0.15) is 13.2 Å². The summed E-state index contributed by atoms with van der Waals surface area (Å²) in [7, 11) is 0. The quantitative estimate of drug-likeness (QED) is 0.923. The van der Waals surface area contributed by atoms with Crippen molar-refractivity contribution in [2.24, 2.45) is 0 Å². The molecule has 0 saturated heterocycles. The van der Waals surface area contributed by atoms with Crippen molar-refractivity contribution >= 4 is 5.91 Å². The van der Waals surface area contributed by atoms with Crippen molar-refractivity contribution in [2.75, 3.05) is 6.54 Å². The van der Waals surface area contributed by atoms with Crippen molar-refractivity contribution in [1.82, 2.24) is 5.32 Å². The fourth-order valence-electron chi connectivity index (χ4n) is 1.88. The van der Waals surface area contributed by atoms with Gasteiger partial charge < -0.3 is 9.73 Å². The van der Waals surface area contributed by atoms with Gasteiger partial charge in [0.25, 0.3) is 5.91 Å². The number of alkyl halides is 3. The number of amides is 1. The number of hydrogen-bond acceptors (Lipinski definition) is 2. The normalized spacial score (nSPS) is 11.4. The molecule has 0 unspecified atom stereocenters. The predicted molar refractivity (Wildman–Crippen MR) is 71.8 cm³/mol. The van der Waals surface area contributed by atoms with Crippen LogP contribution in [-0.4, -0.2) is 12.5 Å². The van der Waals surface area contributed by atoms with Gasteiger partial charge in [-0.05, 0) is 24.6 Å². The minimum atomic E-state index is -4.48. The average molecular weight is 297 g/mol. The van der Waals surface area contributed by atoms with Crippen molar-refractivity contribution in [3.63, 3.8) is 0 Å². The van der Waals surface area contributed by atoms with Crippen LogP contribution in [0.3, 0.4) is 0 Å². The van der Waals surface area contributed by atoms with Gasteiger partial charge in [0.05, 0.1) is 5.56 Å². The fraction of sp³-hybridized carbons (Fsp3) is 0.267. The molecule has 1 aromatic carbocycles. The number of rotatable bonds is 4. The summed E-state index contributed by atoms with van der Waals surface area (Å²) in [5.74, 6) is -0.424. The highest BCUT2D eigenvalue weighted by Crippen LogP contribution is 2.37. The molecular formula is C15H14F3NO2. The van der Waals surface area contributed by atoms with E-state index in [-0.39, 0.29) is 17.1 Å². The number of carbonyl (C=O) groups is 1. The molecule has 0 aliphatic rings. The van der Waals surface area contributed by atoms with Crippen LogP contribution in [0.25, 0.3) is 11.3 Å². The number of hydrogen-bond donors (Lipinski definition) is 1. The molecule has 112 valence electrons. The lowest BCUT2D eigenvalue weighted by Gasteiger charge is -2.10. The number of halogens is 3. The summed E-state index contributed by atoms with van der Waals surface area (Å²) in [6.07, 6.45) is -3.72. The molecule has 0 aliphatic carbocycles. The Labute approximate surface area is 119 Å². The first kappa shape index (κ1) is 15.2. The number of carbonyl (C=O) groups excluding carboxylic acids is 1. The van der Waals surface area contributed by atoms with Crippen molar-refractivity contribution in [3.8, 4) is 11.3 Å². The van der Waals surface area contributed by atoms with Gasteiger partial charge in [-0.15, -0.1) is 0 Å². The predicted octanol–water partition coefficient (Wildman–Crippen LogP) is 4.11. The lowest BCUT2D eigenvalue weighted by molar-refractivity contribution is -0.137. The van der Waals surface area contributed by atoms with E-state index in [4.69, 9.17) is 4.42 Å². The minimum absolute atomic E-state index is 0.00423. The van der Waals surface area contributed by atoms with E-state index in [1.807, 2.05) is 6.92 Å². The Morgan fingerprint density at radius 2 is 1.90 bits per heavy atom. The molecule has 0 radical (unpaired) electrons. The van der Waals surface area contributed by atoms with Gasteiger partial charge in [-0.25, -0.2) is 0 Å². The van der Waals surface area contributed by atoms with Gasteiger partial charge in [0.2, 0.25) is 0 Å². The van der Waals surface area contributed by atoms with E-state index < -0.39 is 17.6 Å². The molecule has 0 bridgehead atoms. The van der Waals surface area contributed by atoms with Crippen LogP contribution in [-0.2, 0) is 6.18 Å². The summed E-state index contributed by atoms with van der Waals surface area (Å²) in [6, 6.07) is 7.83. The Morgan fingerprint density at radius 3 is 2.57 bits per heavy atom. The number of furan rings is 1. The van der Waals surface area contributed by atoms with E-state index in [1.165, 1.54) is 30.3 Å². The summed E-state index contributed by atoms with van der Waals surface area (Å²) in [5.41, 5.74) is -0.876. The summed E-state index contributed by atoms with van der Waals surface area (Å²) in [6.45, 7) is 2.38. The van der Waals surface area contributed by atoms with Crippen LogP contribution in [0.4, 0.5) is 13.2 Å². The Hall–Kier alpha value is -2.24. The molecule has 1 heterocycles. The monoisotopic (exact) mass is 297 g/mol. The van der Waals surface area contributed by atoms with Crippen molar-refractivity contribution < 1.29 is 22.4 Å². The molecule has 2 rings (SSSR count). The largest absolute Gasteiger partial charge is 0.451 e. The van der Waals surface area contributed by atoms with Crippen LogP contribution in [0.2, 0.25) is 0 Å². The minimum Gasteiger partial charge on any atom is -0.451 e. The van der Waals surface area contributed by atoms with E-state index in [0.29, 0.717) is 6.54 Å². The van der Waals surface area contributed by atoms with Crippen LogP contribution in [0.1, 0.15) is 29.5 Å². The molecule has 1 N–H and O–H groups in total. The van der Waals surface area contributed by atoms with Crippen LogP contribution in [0.15, 0.2) is 40.8 Å². The zero-order chi connectivity index (χ0) is 15.5. The van der Waals surface area contributed by atoms with E-state index >= 15 is 0 Å². The highest BCUT2D eigenvalue weighted by molar-refractivity contribution is 5.92. The molecular weight excluding hydrogens is 283 g/mol. The summed E-state index contributed by atoms with van der Waals surface area (Å²) >= 11 is 0. The third-order valence-electron chi connectivity index (χ3n) is 2.86. The molecule has 6 heteroatoms.